The average molecular weight is 330 g/mol. The van der Waals surface area contributed by atoms with Crippen molar-refractivity contribution in [2.45, 2.75) is 18.9 Å². The maximum absolute atomic E-state index is 11.8. The summed E-state index contributed by atoms with van der Waals surface area (Å²) in [7, 11) is 1.39. The summed E-state index contributed by atoms with van der Waals surface area (Å²) in [6.45, 7) is -0.0118. The van der Waals surface area contributed by atoms with Crippen molar-refractivity contribution >= 4 is 11.9 Å². The summed E-state index contributed by atoms with van der Waals surface area (Å²) in [6.07, 6.45) is -0.682. The second-order valence-corrected chi connectivity index (χ2v) is 4.30. The van der Waals surface area contributed by atoms with E-state index in [0.29, 0.717) is 0 Å². The lowest BCUT2D eigenvalue weighted by Gasteiger charge is -2.09. The maximum atomic E-state index is 11.8. The molecule has 1 aromatic carbocycles. The zero-order valence-corrected chi connectivity index (χ0v) is 12.4. The Balaban J connectivity index is 2.52. The van der Waals surface area contributed by atoms with Gasteiger partial charge in [0.05, 0.1) is 12.0 Å². The molecule has 0 aliphatic carbocycles. The highest BCUT2D eigenvalue weighted by Gasteiger charge is 2.20. The van der Waals surface area contributed by atoms with Crippen LogP contribution in [-0.2, 0) is 19.3 Å². The molecule has 1 unspecified atom stereocenters. The van der Waals surface area contributed by atoms with Crippen LogP contribution < -0.4 is 15.7 Å². The van der Waals surface area contributed by atoms with Crippen molar-refractivity contribution in [2.24, 2.45) is 0 Å². The minimum Gasteiger partial charge on any atom is -0.478 e. The van der Waals surface area contributed by atoms with Crippen LogP contribution in [0.2, 0.25) is 0 Å². The summed E-state index contributed by atoms with van der Waals surface area (Å²) in [4.78, 5) is 47.2. The van der Waals surface area contributed by atoms with E-state index in [0.717, 1.165) is 5.64 Å². The Hall–Kier alpha value is -2.56. The van der Waals surface area contributed by atoms with Gasteiger partial charge in [0.25, 0.3) is 0 Å². The normalized spacial score (nSPS) is 11.5. The highest BCUT2D eigenvalue weighted by molar-refractivity contribution is 5.91. The summed E-state index contributed by atoms with van der Waals surface area (Å²) in [5.41, 5.74) is 0.940. The first-order chi connectivity index (χ1) is 11.1. The van der Waals surface area contributed by atoms with Gasteiger partial charge in [-0.05, 0) is 12.1 Å². The molecule has 10 heteroatoms. The molecule has 0 bridgehead atoms. The van der Waals surface area contributed by atoms with Crippen LogP contribution in [0.25, 0.3) is 0 Å². The van der Waals surface area contributed by atoms with Gasteiger partial charge in [-0.15, -0.1) is 0 Å². The zero-order chi connectivity index (χ0) is 17.1. The topological polar surface area (TPSA) is 139 Å². The molecule has 0 saturated carbocycles. The number of benzene rings is 1. The van der Waals surface area contributed by atoms with Crippen molar-refractivity contribution in [2.75, 3.05) is 13.7 Å². The predicted molar refractivity (Wildman–Crippen MR) is 72.4 cm³/mol. The molecule has 126 valence electrons. The Labute approximate surface area is 131 Å². The number of rotatable bonds is 11. The van der Waals surface area contributed by atoms with Gasteiger partial charge in [0, 0.05) is 12.8 Å². The van der Waals surface area contributed by atoms with E-state index in [-0.39, 0.29) is 30.8 Å². The largest absolute Gasteiger partial charge is 0.478 e. The van der Waals surface area contributed by atoms with E-state index < -0.39 is 18.0 Å². The van der Waals surface area contributed by atoms with E-state index >= 15 is 0 Å². The number of para-hydroxylation sites is 1. The van der Waals surface area contributed by atoms with E-state index in [1.54, 1.807) is 6.07 Å². The molecule has 0 saturated heterocycles. The Bertz CT molecular complexity index is 536. The lowest BCUT2D eigenvalue weighted by Crippen LogP contribution is -2.82. The Morgan fingerprint density at radius 2 is 2.09 bits per heavy atom. The van der Waals surface area contributed by atoms with Crippen LogP contribution in [0.1, 0.15) is 23.2 Å². The third kappa shape index (κ3) is 6.82. The lowest BCUT2D eigenvalue weighted by molar-refractivity contribution is -1.07. The number of nitrogens with two attached hydrogens (primary N) is 1. The Kier molecular flexibility index (Phi) is 8.21. The molecule has 1 aromatic rings. The summed E-state index contributed by atoms with van der Waals surface area (Å²) in [6, 6.07) is 5.78. The number of carbonyl (C=O) groups is 2. The molecule has 10 nitrogen and oxygen atoms in total. The second kappa shape index (κ2) is 10.2. The van der Waals surface area contributed by atoms with Crippen LogP contribution in [0.3, 0.4) is 0 Å². The molecule has 0 fully saturated rings. The van der Waals surface area contributed by atoms with E-state index in [2.05, 4.69) is 9.68 Å². The van der Waals surface area contributed by atoms with Gasteiger partial charge in [-0.3, -0.25) is 4.79 Å². The number of esters is 1. The fraction of sp³-hybridized carbons (Fsp3) is 0.385. The van der Waals surface area contributed by atoms with E-state index in [1.807, 2.05) is 0 Å². The van der Waals surface area contributed by atoms with Gasteiger partial charge in [-0.2, -0.15) is 9.68 Å². The predicted octanol–water partition coefficient (Wildman–Crippen LogP) is -1.73. The van der Waals surface area contributed by atoms with Gasteiger partial charge >= 0.3 is 11.9 Å². The number of quaternary nitrogens is 1. The van der Waals surface area contributed by atoms with Gasteiger partial charge < -0.3 is 9.84 Å². The number of carboxylic acids is 1. The third-order valence-electron chi connectivity index (χ3n) is 2.67. The first kappa shape index (κ1) is 18.5. The number of carbonyl (C=O) groups excluding carboxylic acids is 1. The molecule has 0 spiro atoms. The maximum Gasteiger partial charge on any atom is 0.339 e. The van der Waals surface area contributed by atoms with Crippen molar-refractivity contribution < 1.29 is 44.9 Å². The molecule has 0 aliphatic heterocycles. The number of aromatic carboxylic acids is 1. The molecule has 23 heavy (non-hydrogen) atoms. The van der Waals surface area contributed by atoms with Crippen LogP contribution in [-0.4, -0.2) is 36.9 Å². The van der Waals surface area contributed by atoms with Crippen LogP contribution in [0.5, 0.6) is 5.75 Å². The monoisotopic (exact) mass is 330 g/mol. The molecular formula is C13H18N2O8+2. The number of nitrogens with one attached hydrogen (secondary N) is 1. The van der Waals surface area contributed by atoms with Crippen molar-refractivity contribution in [3.63, 3.8) is 0 Å². The molecule has 0 amide bonds. The summed E-state index contributed by atoms with van der Waals surface area (Å²) >= 11 is 0. The van der Waals surface area contributed by atoms with Crippen LogP contribution in [0, 0.1) is 4.91 Å². The SMILES string of the molecule is CO[NH2+]OCC(CCC(=O)Oc1ccccc1C(=O)O)O[NH+]=O. The molecule has 1 atom stereocenters. The molecular weight excluding hydrogens is 312 g/mol. The van der Waals surface area contributed by atoms with Crippen LogP contribution >= 0.6 is 0 Å². The standard InChI is InChI=1S/C13H17N2O8/c1-20-15-21-8-9(23-14-19)6-7-12(16)22-11-5-3-2-4-10(11)13(17)18/h2-5,9,14H,6-8,15H2,1H3/q+1/p+1. The van der Waals surface area contributed by atoms with Gasteiger partial charge in [0.1, 0.15) is 11.3 Å². The zero-order valence-electron chi connectivity index (χ0n) is 12.4. The van der Waals surface area contributed by atoms with E-state index in [4.69, 9.17) is 14.7 Å². The van der Waals surface area contributed by atoms with Crippen molar-refractivity contribution in [3.05, 3.63) is 34.7 Å². The van der Waals surface area contributed by atoms with Gasteiger partial charge in [-0.1, -0.05) is 17.8 Å². The average Bonchev–Trinajstić information content (AvgIpc) is 2.53. The summed E-state index contributed by atoms with van der Waals surface area (Å²) < 4.78 is 5.01. The molecule has 0 radical (unpaired) electrons. The highest BCUT2D eigenvalue weighted by Crippen LogP contribution is 2.18. The minimum absolute atomic E-state index is 0.0118. The molecule has 0 aromatic heterocycles. The highest BCUT2D eigenvalue weighted by atomic mass is 16.9. The number of hydrogen-bond acceptors (Lipinski definition) is 7. The fourth-order valence-electron chi connectivity index (χ4n) is 1.64. The van der Waals surface area contributed by atoms with Gasteiger partial charge in [-0.25, -0.2) is 9.63 Å². The van der Waals surface area contributed by atoms with Crippen LogP contribution in [0.15, 0.2) is 24.3 Å². The summed E-state index contributed by atoms with van der Waals surface area (Å²) in [5, 5.41) is 10.3. The lowest BCUT2D eigenvalue weighted by atomic mass is 10.2. The number of ether oxygens (including phenoxy) is 1. The van der Waals surface area contributed by atoms with E-state index in [9.17, 15) is 14.5 Å². The van der Waals surface area contributed by atoms with Crippen molar-refractivity contribution in [1.82, 2.24) is 0 Å². The first-order valence-electron chi connectivity index (χ1n) is 6.60. The molecule has 1 rings (SSSR count). The Morgan fingerprint density at radius 3 is 2.74 bits per heavy atom. The number of carboxylic acid groups (broad SMARTS) is 1. The quantitative estimate of drug-likeness (QED) is 0.188. The molecule has 4 N–H and O–H groups in total. The van der Waals surface area contributed by atoms with Crippen LogP contribution in [0.4, 0.5) is 0 Å². The van der Waals surface area contributed by atoms with Crippen molar-refractivity contribution in [1.29, 1.82) is 0 Å². The second-order valence-electron chi connectivity index (χ2n) is 4.30. The smallest absolute Gasteiger partial charge is 0.339 e. The third-order valence-corrected chi connectivity index (χ3v) is 2.67. The van der Waals surface area contributed by atoms with Gasteiger partial charge in [0.15, 0.2) is 6.61 Å². The van der Waals surface area contributed by atoms with Crippen molar-refractivity contribution in [3.8, 4) is 5.75 Å². The Morgan fingerprint density at radius 1 is 1.35 bits per heavy atom. The molecule has 0 heterocycles. The first-order valence-corrected chi connectivity index (χ1v) is 6.60. The van der Waals surface area contributed by atoms with E-state index in [1.165, 1.54) is 30.6 Å². The minimum atomic E-state index is -1.20. The number of hydrogen-bond donors (Lipinski definition) is 3. The fourth-order valence-corrected chi connectivity index (χ4v) is 1.64. The molecule has 0 aliphatic rings. The van der Waals surface area contributed by atoms with Gasteiger partial charge in [0.2, 0.25) is 11.4 Å². The summed E-state index contributed by atoms with van der Waals surface area (Å²) in [5.74, 6) is -1.91.